The van der Waals surface area contributed by atoms with E-state index in [1.165, 1.54) is 11.1 Å². The number of fused-ring (bicyclic) bond motifs is 1. The Bertz CT molecular complexity index is 790. The monoisotopic (exact) mass is 310 g/mol. The fourth-order valence-corrected chi connectivity index (χ4v) is 3.40. The molecule has 2 aliphatic rings. The lowest BCUT2D eigenvalue weighted by Gasteiger charge is -2.31. The number of amidine groups is 1. The number of rotatable bonds is 2. The summed E-state index contributed by atoms with van der Waals surface area (Å²) in [5.74, 6) is 0.511. The Hall–Kier alpha value is -2.63. The van der Waals surface area contributed by atoms with Crippen LogP contribution in [0.2, 0.25) is 0 Å². The lowest BCUT2D eigenvalue weighted by atomic mass is 9.77. The van der Waals surface area contributed by atoms with E-state index in [0.29, 0.717) is 18.5 Å². The van der Waals surface area contributed by atoms with Gasteiger partial charge in [-0.2, -0.15) is 0 Å². The van der Waals surface area contributed by atoms with Crippen molar-refractivity contribution in [3.8, 4) is 17.1 Å². The van der Waals surface area contributed by atoms with Crippen molar-refractivity contribution in [3.63, 3.8) is 0 Å². The summed E-state index contributed by atoms with van der Waals surface area (Å²) >= 11 is 0. The number of hydrogen-bond donors (Lipinski definition) is 1. The van der Waals surface area contributed by atoms with Crippen molar-refractivity contribution in [3.05, 3.63) is 41.7 Å². The average molecular weight is 310 g/mol. The van der Waals surface area contributed by atoms with E-state index >= 15 is 0 Å². The van der Waals surface area contributed by atoms with Crippen molar-refractivity contribution in [1.82, 2.24) is 9.97 Å². The van der Waals surface area contributed by atoms with Crippen LogP contribution < -0.4 is 10.5 Å². The molecule has 1 aliphatic heterocycles. The zero-order valence-electron chi connectivity index (χ0n) is 13.0. The van der Waals surface area contributed by atoms with Crippen molar-refractivity contribution in [2.45, 2.75) is 24.8 Å². The molecule has 1 aromatic heterocycles. The van der Waals surface area contributed by atoms with Crippen LogP contribution in [0.5, 0.6) is 5.88 Å². The van der Waals surface area contributed by atoms with Crippen molar-refractivity contribution in [2.75, 3.05) is 13.7 Å². The normalized spacial score (nSPS) is 22.4. The van der Waals surface area contributed by atoms with Gasteiger partial charge in [0.1, 0.15) is 12.1 Å². The van der Waals surface area contributed by atoms with Crippen molar-refractivity contribution < 1.29 is 9.47 Å². The molecule has 1 aliphatic carbocycles. The van der Waals surface area contributed by atoms with Crippen LogP contribution in [-0.2, 0) is 17.6 Å². The summed E-state index contributed by atoms with van der Waals surface area (Å²) in [6.07, 6.45) is 6.09. The maximum absolute atomic E-state index is 5.74. The fraction of sp³-hybridized carbons (Fsp3) is 0.353. The number of ether oxygens (including phenoxy) is 2. The first-order valence-corrected chi connectivity index (χ1v) is 7.64. The zero-order chi connectivity index (χ0) is 15.9. The van der Waals surface area contributed by atoms with Gasteiger partial charge in [0.2, 0.25) is 5.88 Å². The summed E-state index contributed by atoms with van der Waals surface area (Å²) in [7, 11) is 1.59. The summed E-state index contributed by atoms with van der Waals surface area (Å²) < 4.78 is 10.6. The molecule has 4 rings (SSSR count). The molecule has 0 radical (unpaired) electrons. The maximum atomic E-state index is 5.74. The molecular formula is C17H18N4O2. The molecule has 1 atom stereocenters. The lowest BCUT2D eigenvalue weighted by Crippen LogP contribution is -2.35. The van der Waals surface area contributed by atoms with Crippen LogP contribution in [0.3, 0.4) is 0 Å². The molecule has 2 aromatic rings. The molecule has 0 amide bonds. The van der Waals surface area contributed by atoms with Crippen LogP contribution in [0.1, 0.15) is 17.5 Å². The van der Waals surface area contributed by atoms with Gasteiger partial charge in [0, 0.05) is 12.0 Å². The Kier molecular flexibility index (Phi) is 3.18. The number of aromatic nitrogens is 2. The van der Waals surface area contributed by atoms with E-state index in [1.54, 1.807) is 19.5 Å². The Balaban J connectivity index is 1.79. The second-order valence-electron chi connectivity index (χ2n) is 6.03. The van der Waals surface area contributed by atoms with Gasteiger partial charge in [0.15, 0.2) is 0 Å². The summed E-state index contributed by atoms with van der Waals surface area (Å²) in [6, 6.07) is 6.61. The van der Waals surface area contributed by atoms with Crippen molar-refractivity contribution >= 4 is 6.02 Å². The van der Waals surface area contributed by atoms with E-state index in [4.69, 9.17) is 15.2 Å². The first-order valence-electron chi connectivity index (χ1n) is 7.64. The molecule has 2 heterocycles. The maximum Gasteiger partial charge on any atom is 0.282 e. The minimum atomic E-state index is -0.237. The van der Waals surface area contributed by atoms with Gasteiger partial charge in [-0.3, -0.25) is 4.98 Å². The summed E-state index contributed by atoms with van der Waals surface area (Å²) in [5, 5.41) is 0. The van der Waals surface area contributed by atoms with Gasteiger partial charge in [0.25, 0.3) is 6.02 Å². The van der Waals surface area contributed by atoms with E-state index in [2.05, 4.69) is 33.2 Å². The zero-order valence-corrected chi connectivity index (χ0v) is 13.0. The van der Waals surface area contributed by atoms with E-state index in [-0.39, 0.29) is 5.54 Å². The van der Waals surface area contributed by atoms with E-state index in [0.717, 1.165) is 30.5 Å². The molecule has 23 heavy (non-hydrogen) atoms. The summed E-state index contributed by atoms with van der Waals surface area (Å²) in [4.78, 5) is 13.3. The van der Waals surface area contributed by atoms with Crippen LogP contribution in [0.15, 0.2) is 35.6 Å². The minimum Gasteiger partial charge on any atom is -0.480 e. The van der Waals surface area contributed by atoms with Gasteiger partial charge in [-0.25, -0.2) is 9.98 Å². The van der Waals surface area contributed by atoms with Crippen molar-refractivity contribution in [2.24, 2.45) is 10.7 Å². The van der Waals surface area contributed by atoms with Crippen LogP contribution in [0.25, 0.3) is 11.3 Å². The molecule has 0 saturated heterocycles. The third-order valence-corrected chi connectivity index (χ3v) is 4.57. The number of benzene rings is 1. The van der Waals surface area contributed by atoms with E-state index in [1.807, 2.05) is 0 Å². The molecule has 1 spiro atoms. The van der Waals surface area contributed by atoms with Gasteiger partial charge in [-0.15, -0.1) is 0 Å². The van der Waals surface area contributed by atoms with E-state index in [9.17, 15) is 0 Å². The first-order chi connectivity index (χ1) is 11.2. The number of methoxy groups -OCH3 is 1. The number of nitrogens with two attached hydrogens (primary N) is 1. The molecular weight excluding hydrogens is 292 g/mol. The summed E-state index contributed by atoms with van der Waals surface area (Å²) in [6.45, 7) is 0.552. The van der Waals surface area contributed by atoms with Gasteiger partial charge in [0.05, 0.1) is 25.2 Å². The molecule has 0 bridgehead atoms. The number of aryl methyl sites for hydroxylation is 1. The number of aliphatic imine (C=N–C) groups is 1. The fourth-order valence-electron chi connectivity index (χ4n) is 3.40. The van der Waals surface area contributed by atoms with Crippen LogP contribution in [-0.4, -0.2) is 35.2 Å². The number of nitrogens with zero attached hydrogens (tertiary/aromatic N) is 3. The SMILES string of the molecule is COc1cncc(-c2cccc3c2CC2(CC3)COC(N)=N2)n1. The molecule has 2 N–H and O–H groups in total. The predicted octanol–water partition coefficient (Wildman–Crippen LogP) is 1.72. The standard InChI is InChI=1S/C17H18N4O2/c1-22-15-9-19-8-14(20-15)12-4-2-3-11-5-6-17(7-13(11)12)10-23-16(18)21-17/h2-4,8-9H,5-7,10H2,1H3,(H2,18,21). The summed E-state index contributed by atoms with van der Waals surface area (Å²) in [5.41, 5.74) is 9.98. The topological polar surface area (TPSA) is 82.6 Å². The molecule has 0 saturated carbocycles. The van der Waals surface area contributed by atoms with Gasteiger partial charge >= 0.3 is 0 Å². The Morgan fingerprint density at radius 3 is 3.00 bits per heavy atom. The predicted molar refractivity (Wildman–Crippen MR) is 86.4 cm³/mol. The Morgan fingerprint density at radius 2 is 2.22 bits per heavy atom. The highest BCUT2D eigenvalue weighted by Crippen LogP contribution is 2.38. The highest BCUT2D eigenvalue weighted by molar-refractivity contribution is 5.74. The third kappa shape index (κ3) is 2.40. The first kappa shape index (κ1) is 14.0. The van der Waals surface area contributed by atoms with Crippen molar-refractivity contribution in [1.29, 1.82) is 0 Å². The second-order valence-corrected chi connectivity index (χ2v) is 6.03. The quantitative estimate of drug-likeness (QED) is 0.913. The Labute approximate surface area is 134 Å². The molecule has 1 unspecified atom stereocenters. The smallest absolute Gasteiger partial charge is 0.282 e. The van der Waals surface area contributed by atoms with Gasteiger partial charge in [-0.1, -0.05) is 18.2 Å². The van der Waals surface area contributed by atoms with Crippen LogP contribution in [0.4, 0.5) is 0 Å². The Morgan fingerprint density at radius 1 is 1.30 bits per heavy atom. The van der Waals surface area contributed by atoms with Gasteiger partial charge < -0.3 is 15.2 Å². The molecule has 6 heteroatoms. The highest BCUT2D eigenvalue weighted by Gasteiger charge is 2.40. The number of hydrogen-bond acceptors (Lipinski definition) is 6. The van der Waals surface area contributed by atoms with Crippen LogP contribution in [0, 0.1) is 0 Å². The largest absolute Gasteiger partial charge is 0.480 e. The van der Waals surface area contributed by atoms with Gasteiger partial charge in [-0.05, 0) is 24.0 Å². The third-order valence-electron chi connectivity index (χ3n) is 4.57. The molecule has 118 valence electrons. The second kappa shape index (κ2) is 5.22. The minimum absolute atomic E-state index is 0.237. The molecule has 6 nitrogen and oxygen atoms in total. The molecule has 0 fully saturated rings. The molecule has 1 aromatic carbocycles. The van der Waals surface area contributed by atoms with Crippen LogP contribution >= 0.6 is 0 Å². The lowest BCUT2D eigenvalue weighted by molar-refractivity contribution is 0.235. The average Bonchev–Trinajstić information content (AvgIpc) is 2.94. The van der Waals surface area contributed by atoms with E-state index < -0.39 is 0 Å². The highest BCUT2D eigenvalue weighted by atomic mass is 16.5.